The van der Waals surface area contributed by atoms with Crippen molar-refractivity contribution in [3.63, 3.8) is 0 Å². The fourth-order valence-corrected chi connectivity index (χ4v) is 2.30. The zero-order valence-corrected chi connectivity index (χ0v) is 9.66. The molecule has 1 unspecified atom stereocenters. The summed E-state index contributed by atoms with van der Waals surface area (Å²) in [5, 5.41) is 18.8. The minimum atomic E-state index is -0.779. The minimum absolute atomic E-state index is 0.394. The Labute approximate surface area is 102 Å². The number of aliphatic hydroxyl groups is 1. The van der Waals surface area contributed by atoms with Gasteiger partial charge in [0.25, 0.3) is 0 Å². The van der Waals surface area contributed by atoms with Gasteiger partial charge in [-0.3, -0.25) is 0 Å². The Morgan fingerprint density at radius 3 is 2.94 bits per heavy atom. The molecule has 1 aromatic heterocycles. The topological polar surface area (TPSA) is 56.9 Å². The first-order valence-corrected chi connectivity index (χ1v) is 5.69. The van der Waals surface area contributed by atoms with Gasteiger partial charge in [-0.25, -0.2) is 4.98 Å². The summed E-state index contributed by atoms with van der Waals surface area (Å²) in [6, 6.07) is 8.87. The lowest BCUT2D eigenvalue weighted by Gasteiger charge is -2.07. The standard InChI is InChI=1S/C11H7ClN2OS/c12-11-14-6-9(16-11)10(15)8-3-1-2-7(4-8)5-13/h1-4,6,10,15H. The second kappa shape index (κ2) is 4.62. The third-order valence-electron chi connectivity index (χ3n) is 2.10. The summed E-state index contributed by atoms with van der Waals surface area (Å²) in [6.07, 6.45) is 0.759. The number of aromatic nitrogens is 1. The van der Waals surface area contributed by atoms with Gasteiger partial charge in [-0.05, 0) is 17.7 Å². The molecule has 0 amide bonds. The lowest BCUT2D eigenvalue weighted by atomic mass is 10.1. The summed E-state index contributed by atoms with van der Waals surface area (Å²) in [6.45, 7) is 0. The Hall–Kier alpha value is -1.41. The molecule has 0 bridgehead atoms. The van der Waals surface area contributed by atoms with Crippen molar-refractivity contribution < 1.29 is 5.11 Å². The molecule has 0 spiro atoms. The van der Waals surface area contributed by atoms with E-state index in [9.17, 15) is 5.11 Å². The first-order valence-electron chi connectivity index (χ1n) is 4.50. The molecule has 0 radical (unpaired) electrons. The molecule has 2 aromatic rings. The molecular formula is C11H7ClN2OS. The summed E-state index contributed by atoms with van der Waals surface area (Å²) in [4.78, 5) is 4.53. The van der Waals surface area contributed by atoms with E-state index in [2.05, 4.69) is 4.98 Å². The van der Waals surface area contributed by atoms with E-state index in [1.165, 1.54) is 17.5 Å². The van der Waals surface area contributed by atoms with Gasteiger partial charge in [0, 0.05) is 6.20 Å². The van der Waals surface area contributed by atoms with Crippen LogP contribution in [0, 0.1) is 11.3 Å². The van der Waals surface area contributed by atoms with Gasteiger partial charge in [0.2, 0.25) is 0 Å². The Morgan fingerprint density at radius 1 is 1.50 bits per heavy atom. The zero-order chi connectivity index (χ0) is 11.5. The molecule has 0 fully saturated rings. The van der Waals surface area contributed by atoms with E-state index in [1.807, 2.05) is 6.07 Å². The molecule has 16 heavy (non-hydrogen) atoms. The third-order valence-corrected chi connectivity index (χ3v) is 3.26. The Morgan fingerprint density at radius 2 is 2.31 bits per heavy atom. The van der Waals surface area contributed by atoms with Gasteiger partial charge in [0.1, 0.15) is 6.10 Å². The maximum Gasteiger partial charge on any atom is 0.183 e. The van der Waals surface area contributed by atoms with Gasteiger partial charge in [-0.2, -0.15) is 5.26 Å². The number of hydrogen-bond donors (Lipinski definition) is 1. The molecule has 5 heteroatoms. The number of nitrogens with zero attached hydrogens (tertiary/aromatic N) is 2. The van der Waals surface area contributed by atoms with Crippen LogP contribution in [0.5, 0.6) is 0 Å². The Bertz CT molecular complexity index is 547. The molecule has 2 rings (SSSR count). The highest BCUT2D eigenvalue weighted by Crippen LogP contribution is 2.29. The molecule has 0 aliphatic heterocycles. The fourth-order valence-electron chi connectivity index (χ4n) is 1.33. The van der Waals surface area contributed by atoms with Crippen LogP contribution in [0.2, 0.25) is 4.47 Å². The molecule has 3 nitrogen and oxygen atoms in total. The van der Waals surface area contributed by atoms with Crippen molar-refractivity contribution in [2.45, 2.75) is 6.10 Å². The zero-order valence-electron chi connectivity index (χ0n) is 8.09. The van der Waals surface area contributed by atoms with Crippen molar-refractivity contribution in [3.05, 3.63) is 50.9 Å². The van der Waals surface area contributed by atoms with Crippen molar-refractivity contribution in [2.75, 3.05) is 0 Å². The molecular weight excluding hydrogens is 244 g/mol. The van der Waals surface area contributed by atoms with Gasteiger partial charge in [0.15, 0.2) is 4.47 Å². The van der Waals surface area contributed by atoms with Crippen LogP contribution in [0.4, 0.5) is 0 Å². The monoisotopic (exact) mass is 250 g/mol. The fraction of sp³-hybridized carbons (Fsp3) is 0.0909. The van der Waals surface area contributed by atoms with Crippen LogP contribution in [-0.4, -0.2) is 10.1 Å². The van der Waals surface area contributed by atoms with Gasteiger partial charge in [-0.1, -0.05) is 23.7 Å². The smallest absolute Gasteiger partial charge is 0.183 e. The number of nitriles is 1. The summed E-state index contributed by atoms with van der Waals surface area (Å²) >= 11 is 6.92. The highest BCUT2D eigenvalue weighted by Gasteiger charge is 2.13. The average molecular weight is 251 g/mol. The van der Waals surface area contributed by atoms with E-state index < -0.39 is 6.10 Å². The number of hydrogen-bond acceptors (Lipinski definition) is 4. The lowest BCUT2D eigenvalue weighted by Crippen LogP contribution is -1.97. The Balaban J connectivity index is 2.34. The first-order chi connectivity index (χ1) is 7.70. The summed E-state index contributed by atoms with van der Waals surface area (Å²) < 4.78 is 0.394. The molecule has 1 atom stereocenters. The second-order valence-electron chi connectivity index (χ2n) is 3.16. The van der Waals surface area contributed by atoms with Crippen molar-refractivity contribution >= 4 is 22.9 Å². The van der Waals surface area contributed by atoms with E-state index in [4.69, 9.17) is 16.9 Å². The summed E-state index contributed by atoms with van der Waals surface area (Å²) in [5.41, 5.74) is 1.19. The third kappa shape index (κ3) is 2.22. The largest absolute Gasteiger partial charge is 0.383 e. The summed E-state index contributed by atoms with van der Waals surface area (Å²) in [5.74, 6) is 0. The first kappa shape index (κ1) is 11.1. The van der Waals surface area contributed by atoms with Crippen LogP contribution in [0.1, 0.15) is 22.1 Å². The maximum absolute atomic E-state index is 10.0. The highest BCUT2D eigenvalue weighted by molar-refractivity contribution is 7.15. The van der Waals surface area contributed by atoms with Crippen LogP contribution >= 0.6 is 22.9 Å². The van der Waals surface area contributed by atoms with Crippen molar-refractivity contribution in [1.82, 2.24) is 4.98 Å². The normalized spacial score (nSPS) is 12.1. The van der Waals surface area contributed by atoms with E-state index in [0.29, 0.717) is 20.5 Å². The predicted molar refractivity (Wildman–Crippen MR) is 62.3 cm³/mol. The SMILES string of the molecule is N#Cc1cccc(C(O)c2cnc(Cl)s2)c1. The number of halogens is 1. The van der Waals surface area contributed by atoms with Crippen molar-refractivity contribution in [3.8, 4) is 6.07 Å². The van der Waals surface area contributed by atoms with Gasteiger partial charge in [0.05, 0.1) is 16.5 Å². The quantitative estimate of drug-likeness (QED) is 0.892. The van der Waals surface area contributed by atoms with Crippen LogP contribution in [0.3, 0.4) is 0 Å². The van der Waals surface area contributed by atoms with Gasteiger partial charge >= 0.3 is 0 Å². The molecule has 80 valence electrons. The number of aliphatic hydroxyl groups excluding tert-OH is 1. The number of rotatable bonds is 2. The predicted octanol–water partition coefficient (Wildman–Crippen LogP) is 2.75. The molecule has 0 aliphatic rings. The molecule has 0 aliphatic carbocycles. The van der Waals surface area contributed by atoms with Crippen LogP contribution in [0.25, 0.3) is 0 Å². The van der Waals surface area contributed by atoms with E-state index >= 15 is 0 Å². The van der Waals surface area contributed by atoms with Crippen LogP contribution in [-0.2, 0) is 0 Å². The molecule has 0 saturated carbocycles. The van der Waals surface area contributed by atoms with Gasteiger partial charge < -0.3 is 5.11 Å². The van der Waals surface area contributed by atoms with E-state index in [0.717, 1.165) is 0 Å². The van der Waals surface area contributed by atoms with E-state index in [1.54, 1.807) is 24.3 Å². The van der Waals surface area contributed by atoms with Crippen LogP contribution in [0.15, 0.2) is 30.5 Å². The molecule has 1 aromatic carbocycles. The summed E-state index contributed by atoms with van der Waals surface area (Å²) in [7, 11) is 0. The van der Waals surface area contributed by atoms with Crippen LogP contribution < -0.4 is 0 Å². The highest BCUT2D eigenvalue weighted by atomic mass is 35.5. The van der Waals surface area contributed by atoms with Gasteiger partial charge in [-0.15, -0.1) is 11.3 Å². The molecule has 1 heterocycles. The molecule has 1 N–H and O–H groups in total. The molecule has 0 saturated heterocycles. The second-order valence-corrected chi connectivity index (χ2v) is 4.80. The van der Waals surface area contributed by atoms with E-state index in [-0.39, 0.29) is 0 Å². The number of thiazole rings is 1. The van der Waals surface area contributed by atoms with Crippen molar-refractivity contribution in [2.24, 2.45) is 0 Å². The minimum Gasteiger partial charge on any atom is -0.383 e. The Kier molecular flexibility index (Phi) is 3.20. The van der Waals surface area contributed by atoms with Crippen molar-refractivity contribution in [1.29, 1.82) is 5.26 Å². The lowest BCUT2D eigenvalue weighted by molar-refractivity contribution is 0.224. The number of benzene rings is 1. The average Bonchev–Trinajstić information content (AvgIpc) is 2.75. The maximum atomic E-state index is 10.0.